The van der Waals surface area contributed by atoms with E-state index in [0.29, 0.717) is 32.8 Å². The molecule has 0 saturated carbocycles. The molecule has 0 aliphatic heterocycles. The number of aromatic nitrogens is 3. The van der Waals surface area contributed by atoms with Crippen LogP contribution in [-0.4, -0.2) is 40.0 Å². The number of hydrogen-bond acceptors (Lipinski definition) is 8. The summed E-state index contributed by atoms with van der Waals surface area (Å²) >= 11 is 1.13. The highest BCUT2D eigenvalue weighted by atomic mass is 32.1. The average Bonchev–Trinajstić information content (AvgIpc) is 3.11. The Labute approximate surface area is 165 Å². The highest BCUT2D eigenvalue weighted by Crippen LogP contribution is 2.26. The third-order valence-electron chi connectivity index (χ3n) is 3.75. The van der Waals surface area contributed by atoms with Crippen LogP contribution in [0.2, 0.25) is 0 Å². The highest BCUT2D eigenvalue weighted by Gasteiger charge is 2.23. The third-order valence-corrected chi connectivity index (χ3v) is 4.88. The van der Waals surface area contributed by atoms with Gasteiger partial charge in [-0.25, -0.2) is 19.7 Å². The first-order valence-electron chi connectivity index (χ1n) is 8.38. The zero-order valence-corrected chi connectivity index (χ0v) is 16.3. The van der Waals surface area contributed by atoms with E-state index < -0.39 is 18.0 Å². The number of rotatable bonds is 6. The van der Waals surface area contributed by atoms with E-state index in [2.05, 4.69) is 20.3 Å². The molecule has 0 saturated heterocycles. The minimum absolute atomic E-state index is 0.312. The fourth-order valence-electron chi connectivity index (χ4n) is 2.28. The second kappa shape index (κ2) is 8.57. The van der Waals surface area contributed by atoms with Crippen molar-refractivity contribution in [1.82, 2.24) is 15.0 Å². The van der Waals surface area contributed by atoms with E-state index in [9.17, 15) is 9.59 Å². The van der Waals surface area contributed by atoms with E-state index in [1.807, 2.05) is 0 Å². The number of amides is 1. The Hall–Kier alpha value is -3.33. The van der Waals surface area contributed by atoms with E-state index in [-0.39, 0.29) is 0 Å². The maximum atomic E-state index is 12.5. The van der Waals surface area contributed by atoms with Crippen molar-refractivity contribution in [3.05, 3.63) is 53.3 Å². The summed E-state index contributed by atoms with van der Waals surface area (Å²) in [5.74, 6) is 0.0538. The first-order valence-corrected chi connectivity index (χ1v) is 9.20. The first-order chi connectivity index (χ1) is 13.5. The number of carbonyl (C=O) groups excluding carboxylic acids is 2. The normalized spacial score (nSPS) is 11.5. The molecule has 0 aliphatic carbocycles. The second-order valence-electron chi connectivity index (χ2n) is 5.77. The van der Waals surface area contributed by atoms with E-state index in [0.717, 1.165) is 11.3 Å². The summed E-state index contributed by atoms with van der Waals surface area (Å²) in [4.78, 5) is 37.6. The van der Waals surface area contributed by atoms with Crippen LogP contribution < -0.4 is 10.1 Å². The van der Waals surface area contributed by atoms with Gasteiger partial charge < -0.3 is 14.8 Å². The first kappa shape index (κ1) is 19.4. The molecule has 28 heavy (non-hydrogen) atoms. The second-order valence-corrected chi connectivity index (χ2v) is 6.77. The molecule has 3 rings (SSSR count). The van der Waals surface area contributed by atoms with Gasteiger partial charge in [-0.1, -0.05) is 0 Å². The van der Waals surface area contributed by atoms with Gasteiger partial charge in [0.05, 0.1) is 12.8 Å². The van der Waals surface area contributed by atoms with E-state index in [1.165, 1.54) is 6.92 Å². The zero-order valence-electron chi connectivity index (χ0n) is 15.5. The molecule has 8 nitrogen and oxygen atoms in total. The summed E-state index contributed by atoms with van der Waals surface area (Å²) in [6.45, 7) is 3.20. The van der Waals surface area contributed by atoms with Crippen LogP contribution >= 0.6 is 11.3 Å². The Kier molecular flexibility index (Phi) is 5.95. The van der Waals surface area contributed by atoms with Gasteiger partial charge in [-0.2, -0.15) is 0 Å². The molecule has 2 aromatic heterocycles. The maximum Gasteiger partial charge on any atom is 0.351 e. The highest BCUT2D eigenvalue weighted by molar-refractivity contribution is 7.16. The van der Waals surface area contributed by atoms with Gasteiger partial charge in [-0.3, -0.25) is 4.79 Å². The minimum atomic E-state index is -0.979. The molecule has 0 fully saturated rings. The predicted molar refractivity (Wildman–Crippen MR) is 104 cm³/mol. The van der Waals surface area contributed by atoms with Crippen LogP contribution in [0.15, 0.2) is 42.7 Å². The molecule has 3 aromatic rings. The van der Waals surface area contributed by atoms with Crippen molar-refractivity contribution in [3.8, 4) is 16.6 Å². The van der Waals surface area contributed by atoms with Crippen LogP contribution in [0.1, 0.15) is 22.3 Å². The maximum absolute atomic E-state index is 12.5. The number of methoxy groups -OCH3 is 1. The third kappa shape index (κ3) is 4.49. The number of ether oxygens (including phenoxy) is 2. The summed E-state index contributed by atoms with van der Waals surface area (Å²) in [6, 6.07) is 8.54. The molecule has 1 N–H and O–H groups in total. The molecule has 0 radical (unpaired) electrons. The van der Waals surface area contributed by atoms with Crippen LogP contribution in [0.25, 0.3) is 10.8 Å². The van der Waals surface area contributed by atoms with Gasteiger partial charge in [-0.05, 0) is 44.2 Å². The van der Waals surface area contributed by atoms with Gasteiger partial charge in [-0.15, -0.1) is 11.3 Å². The number of benzene rings is 1. The van der Waals surface area contributed by atoms with Crippen molar-refractivity contribution in [2.45, 2.75) is 20.0 Å². The fourth-order valence-corrected chi connectivity index (χ4v) is 3.17. The van der Waals surface area contributed by atoms with Crippen molar-refractivity contribution >= 4 is 28.9 Å². The fraction of sp³-hybridized carbons (Fsp3) is 0.211. The minimum Gasteiger partial charge on any atom is -0.497 e. The molecule has 0 bridgehead atoms. The van der Waals surface area contributed by atoms with Crippen LogP contribution in [0.5, 0.6) is 5.75 Å². The number of anilines is 1. The van der Waals surface area contributed by atoms with E-state index in [4.69, 9.17) is 9.47 Å². The SMILES string of the molecule is COc1ccc(NC(=O)C(C)OC(=O)c2sc(-c3ncccn3)nc2C)cc1. The van der Waals surface area contributed by atoms with Crippen LogP contribution in [0.3, 0.4) is 0 Å². The zero-order chi connectivity index (χ0) is 20.1. The summed E-state index contributed by atoms with van der Waals surface area (Å²) in [7, 11) is 1.56. The molecular weight excluding hydrogens is 380 g/mol. The summed E-state index contributed by atoms with van der Waals surface area (Å²) in [6.07, 6.45) is 2.22. The van der Waals surface area contributed by atoms with Crippen molar-refractivity contribution in [3.63, 3.8) is 0 Å². The number of hydrogen-bond donors (Lipinski definition) is 1. The molecule has 0 aliphatic rings. The molecule has 0 spiro atoms. The van der Waals surface area contributed by atoms with E-state index >= 15 is 0 Å². The van der Waals surface area contributed by atoms with Gasteiger partial charge in [0.15, 0.2) is 16.9 Å². The molecule has 9 heteroatoms. The number of thiazole rings is 1. The topological polar surface area (TPSA) is 103 Å². The molecule has 144 valence electrons. The molecule has 1 aromatic carbocycles. The lowest BCUT2D eigenvalue weighted by Gasteiger charge is -2.13. The summed E-state index contributed by atoms with van der Waals surface area (Å²) in [5.41, 5.74) is 1.08. The van der Waals surface area contributed by atoms with Crippen LogP contribution in [0, 0.1) is 6.92 Å². The number of nitrogens with zero attached hydrogens (tertiary/aromatic N) is 3. The van der Waals surface area contributed by atoms with Gasteiger partial charge in [0.25, 0.3) is 5.91 Å². The average molecular weight is 398 g/mol. The lowest BCUT2D eigenvalue weighted by molar-refractivity contribution is -0.123. The smallest absolute Gasteiger partial charge is 0.351 e. The Morgan fingerprint density at radius 2 is 1.82 bits per heavy atom. The van der Waals surface area contributed by atoms with E-state index in [1.54, 1.807) is 56.8 Å². The Morgan fingerprint density at radius 1 is 1.14 bits per heavy atom. The van der Waals surface area contributed by atoms with Crippen molar-refractivity contribution in [1.29, 1.82) is 0 Å². The van der Waals surface area contributed by atoms with Crippen molar-refractivity contribution < 1.29 is 19.1 Å². The quantitative estimate of drug-likeness (QED) is 0.636. The lowest BCUT2D eigenvalue weighted by atomic mass is 10.3. The molecular formula is C19H18N4O4S. The number of nitrogens with one attached hydrogen (secondary N) is 1. The summed E-state index contributed by atoms with van der Waals surface area (Å²) < 4.78 is 10.4. The van der Waals surface area contributed by atoms with Gasteiger partial charge in [0, 0.05) is 18.1 Å². The largest absolute Gasteiger partial charge is 0.497 e. The van der Waals surface area contributed by atoms with Gasteiger partial charge >= 0.3 is 5.97 Å². The Bertz CT molecular complexity index is 973. The lowest BCUT2D eigenvalue weighted by Crippen LogP contribution is -2.29. The molecule has 1 unspecified atom stereocenters. The van der Waals surface area contributed by atoms with Crippen molar-refractivity contribution in [2.75, 3.05) is 12.4 Å². The summed E-state index contributed by atoms with van der Waals surface area (Å²) in [5, 5.41) is 3.21. The van der Waals surface area contributed by atoms with Gasteiger partial charge in [0.1, 0.15) is 10.6 Å². The Balaban J connectivity index is 1.65. The van der Waals surface area contributed by atoms with Crippen LogP contribution in [-0.2, 0) is 9.53 Å². The van der Waals surface area contributed by atoms with Crippen LogP contribution in [0.4, 0.5) is 5.69 Å². The number of aryl methyl sites for hydroxylation is 1. The number of carbonyl (C=O) groups is 2. The molecule has 1 amide bonds. The van der Waals surface area contributed by atoms with Crippen molar-refractivity contribution in [2.24, 2.45) is 0 Å². The molecule has 1 atom stereocenters. The predicted octanol–water partition coefficient (Wildman–Crippen LogP) is 3.10. The Morgan fingerprint density at radius 3 is 2.46 bits per heavy atom. The van der Waals surface area contributed by atoms with Gasteiger partial charge in [0.2, 0.25) is 0 Å². The monoisotopic (exact) mass is 398 g/mol. The number of esters is 1. The standard InChI is InChI=1S/C19H18N4O4S/c1-11-15(28-18(22-11)16-20-9-4-10-21-16)19(25)27-12(2)17(24)23-13-5-7-14(26-3)8-6-13/h4-10,12H,1-3H3,(H,23,24). The molecule has 2 heterocycles.